The third kappa shape index (κ3) is 7.27. The molecule has 1 aliphatic heterocycles. The lowest BCUT2D eigenvalue weighted by molar-refractivity contribution is -0.128. The number of halogens is 1. The predicted molar refractivity (Wildman–Crippen MR) is 134 cm³/mol. The summed E-state index contributed by atoms with van der Waals surface area (Å²) in [5.74, 6) is -1.05. The Morgan fingerprint density at radius 1 is 1.12 bits per heavy atom. The molecule has 2 N–H and O–H groups in total. The number of hydrogen-bond acceptors (Lipinski definition) is 5. The molecular formula is C25H34FN3O4S. The average molecular weight is 492 g/mol. The molecule has 7 nitrogen and oxygen atoms in total. The van der Waals surface area contributed by atoms with E-state index in [2.05, 4.69) is 10.6 Å². The molecule has 186 valence electrons. The summed E-state index contributed by atoms with van der Waals surface area (Å²) >= 11 is 0. The van der Waals surface area contributed by atoms with Gasteiger partial charge in [0, 0.05) is 30.8 Å². The fourth-order valence-electron chi connectivity index (χ4n) is 3.73. The summed E-state index contributed by atoms with van der Waals surface area (Å²) in [6.45, 7) is 3.11. The van der Waals surface area contributed by atoms with E-state index < -0.39 is 22.0 Å². The Morgan fingerprint density at radius 2 is 1.79 bits per heavy atom. The minimum absolute atomic E-state index is 0.173. The van der Waals surface area contributed by atoms with E-state index in [9.17, 15) is 14.0 Å². The van der Waals surface area contributed by atoms with Crippen molar-refractivity contribution in [3.05, 3.63) is 59.4 Å². The minimum Gasteiger partial charge on any atom is -0.380 e. The van der Waals surface area contributed by atoms with Crippen molar-refractivity contribution in [1.29, 1.82) is 0 Å². The zero-order valence-corrected chi connectivity index (χ0v) is 21.0. The van der Waals surface area contributed by atoms with Gasteiger partial charge in [-0.25, -0.2) is 14.4 Å². The van der Waals surface area contributed by atoms with Crippen LogP contribution in [0.5, 0.6) is 0 Å². The quantitative estimate of drug-likeness (QED) is 0.563. The summed E-state index contributed by atoms with van der Waals surface area (Å²) in [6.07, 6.45) is 6.03. The van der Waals surface area contributed by atoms with Gasteiger partial charge in [-0.05, 0) is 48.1 Å². The number of carbonyl (C=O) groups excluding carboxylic acids is 2. The maximum atomic E-state index is 14.7. The monoisotopic (exact) mass is 491 g/mol. The summed E-state index contributed by atoms with van der Waals surface area (Å²) in [6, 6.07) is 11.1. The first-order valence-corrected chi connectivity index (χ1v) is 14.0. The van der Waals surface area contributed by atoms with Gasteiger partial charge < -0.3 is 20.1 Å². The van der Waals surface area contributed by atoms with E-state index >= 15 is 0 Å². The molecular weight excluding hydrogens is 457 g/mol. The van der Waals surface area contributed by atoms with E-state index in [-0.39, 0.29) is 18.3 Å². The van der Waals surface area contributed by atoms with Crippen molar-refractivity contribution in [3.8, 4) is 0 Å². The normalized spacial score (nSPS) is 16.0. The second-order valence-electron chi connectivity index (χ2n) is 9.04. The second-order valence-corrected chi connectivity index (χ2v) is 13.1. The van der Waals surface area contributed by atoms with E-state index in [0.717, 1.165) is 5.56 Å². The highest BCUT2D eigenvalue weighted by molar-refractivity contribution is 8.32. The standard InChI is InChI=1S/C25H34FN3O4S/c1-32-17-18-5-7-19(8-6-18)24(28-23(30)16-29-11-13-33-14-12-29)25(31)27-20-9-10-22(21(26)15-20)34(2,3)4/h5-10,15,24H,11-14,16-17H2,1-4H3,(H,27,31)(H,28,30)/t24-/m1/s1. The number of amides is 2. The molecule has 0 radical (unpaired) electrons. The fourth-order valence-corrected chi connectivity index (χ4v) is 4.85. The highest BCUT2D eigenvalue weighted by atomic mass is 32.3. The minimum atomic E-state index is -1.25. The van der Waals surface area contributed by atoms with Gasteiger partial charge in [-0.15, -0.1) is 0 Å². The van der Waals surface area contributed by atoms with Crippen LogP contribution in [0, 0.1) is 5.82 Å². The largest absolute Gasteiger partial charge is 0.380 e. The fraction of sp³-hybridized carbons (Fsp3) is 0.440. The van der Waals surface area contributed by atoms with Gasteiger partial charge in [0.2, 0.25) is 5.91 Å². The molecule has 1 aliphatic rings. The molecule has 2 aromatic rings. The van der Waals surface area contributed by atoms with Crippen molar-refractivity contribution in [2.45, 2.75) is 17.5 Å². The number of morpholine rings is 1. The van der Waals surface area contributed by atoms with Gasteiger partial charge in [0.25, 0.3) is 5.91 Å². The van der Waals surface area contributed by atoms with Crippen LogP contribution in [0.25, 0.3) is 0 Å². The number of carbonyl (C=O) groups is 2. The number of nitrogens with zero attached hydrogens (tertiary/aromatic N) is 1. The van der Waals surface area contributed by atoms with E-state index in [1.54, 1.807) is 31.4 Å². The first kappa shape index (κ1) is 26.2. The zero-order chi connectivity index (χ0) is 24.7. The maximum absolute atomic E-state index is 14.7. The van der Waals surface area contributed by atoms with Crippen molar-refractivity contribution < 1.29 is 23.5 Å². The van der Waals surface area contributed by atoms with Crippen molar-refractivity contribution in [3.63, 3.8) is 0 Å². The Kier molecular flexibility index (Phi) is 9.07. The summed E-state index contributed by atoms with van der Waals surface area (Å²) in [5.41, 5.74) is 1.93. The van der Waals surface area contributed by atoms with Crippen LogP contribution in [-0.4, -0.2) is 75.4 Å². The lowest BCUT2D eigenvalue weighted by Crippen LogP contribution is -2.45. The molecule has 1 heterocycles. The van der Waals surface area contributed by atoms with Crippen LogP contribution in [0.4, 0.5) is 10.1 Å². The van der Waals surface area contributed by atoms with Crippen LogP contribution in [0.2, 0.25) is 0 Å². The lowest BCUT2D eigenvalue weighted by Gasteiger charge is -2.27. The lowest BCUT2D eigenvalue weighted by atomic mass is 10.0. The third-order valence-corrected chi connectivity index (χ3v) is 7.17. The number of benzene rings is 2. The Balaban J connectivity index is 1.78. The van der Waals surface area contributed by atoms with E-state index in [1.165, 1.54) is 6.07 Å². The topological polar surface area (TPSA) is 79.9 Å². The molecule has 0 aliphatic carbocycles. The van der Waals surface area contributed by atoms with E-state index in [0.29, 0.717) is 49.1 Å². The molecule has 2 amide bonds. The molecule has 9 heteroatoms. The van der Waals surface area contributed by atoms with Crippen molar-refractivity contribution in [2.24, 2.45) is 0 Å². The summed E-state index contributed by atoms with van der Waals surface area (Å²) in [7, 11) is 0.367. The van der Waals surface area contributed by atoms with Gasteiger partial charge in [-0.3, -0.25) is 14.5 Å². The van der Waals surface area contributed by atoms with Gasteiger partial charge in [0.1, 0.15) is 11.9 Å². The molecule has 0 unspecified atom stereocenters. The van der Waals surface area contributed by atoms with Crippen LogP contribution in [0.3, 0.4) is 0 Å². The summed E-state index contributed by atoms with van der Waals surface area (Å²) in [4.78, 5) is 28.7. The SMILES string of the molecule is COCc1ccc([C@@H](NC(=O)CN2CCOCC2)C(=O)Nc2ccc(S(C)(C)C)c(F)c2)cc1. The van der Waals surface area contributed by atoms with Crippen LogP contribution in [0.15, 0.2) is 47.4 Å². The van der Waals surface area contributed by atoms with E-state index in [4.69, 9.17) is 9.47 Å². The first-order chi connectivity index (χ1) is 16.2. The molecule has 0 aromatic heterocycles. The van der Waals surface area contributed by atoms with Gasteiger partial charge in [-0.2, -0.15) is 0 Å². The smallest absolute Gasteiger partial charge is 0.251 e. The predicted octanol–water partition coefficient (Wildman–Crippen LogP) is 3.15. The van der Waals surface area contributed by atoms with Crippen LogP contribution in [-0.2, 0) is 25.7 Å². The maximum Gasteiger partial charge on any atom is 0.251 e. The number of nitrogens with one attached hydrogen (secondary N) is 2. The second kappa shape index (κ2) is 11.8. The third-order valence-electron chi connectivity index (χ3n) is 5.52. The van der Waals surface area contributed by atoms with Crippen LogP contribution >= 0.6 is 10.0 Å². The average Bonchev–Trinajstić information content (AvgIpc) is 2.78. The molecule has 0 bridgehead atoms. The molecule has 1 saturated heterocycles. The first-order valence-electron chi connectivity index (χ1n) is 11.1. The van der Waals surface area contributed by atoms with Crippen molar-refractivity contribution in [1.82, 2.24) is 10.2 Å². The van der Waals surface area contributed by atoms with E-state index in [1.807, 2.05) is 35.8 Å². The Hall–Kier alpha value is -2.46. The molecule has 1 atom stereocenters. The molecule has 34 heavy (non-hydrogen) atoms. The number of methoxy groups -OCH3 is 1. The summed E-state index contributed by atoms with van der Waals surface area (Å²) in [5, 5.41) is 5.61. The summed E-state index contributed by atoms with van der Waals surface area (Å²) < 4.78 is 25.2. The van der Waals surface area contributed by atoms with Crippen LogP contribution in [0.1, 0.15) is 17.2 Å². The van der Waals surface area contributed by atoms with Crippen molar-refractivity contribution >= 4 is 27.5 Å². The molecule has 3 rings (SSSR count). The van der Waals surface area contributed by atoms with Crippen LogP contribution < -0.4 is 10.6 Å². The molecule has 1 fully saturated rings. The van der Waals surface area contributed by atoms with Crippen molar-refractivity contribution in [2.75, 3.05) is 64.0 Å². The Labute approximate surface area is 202 Å². The number of hydrogen-bond donors (Lipinski definition) is 2. The Morgan fingerprint density at radius 3 is 2.38 bits per heavy atom. The number of ether oxygens (including phenoxy) is 2. The highest BCUT2D eigenvalue weighted by Gasteiger charge is 2.25. The molecule has 2 aromatic carbocycles. The molecule has 0 saturated carbocycles. The molecule has 0 spiro atoms. The van der Waals surface area contributed by atoms with Gasteiger partial charge in [-0.1, -0.05) is 24.3 Å². The van der Waals surface area contributed by atoms with Gasteiger partial charge in [0.15, 0.2) is 0 Å². The Bertz CT molecular complexity index is 989. The van der Waals surface area contributed by atoms with Gasteiger partial charge in [0.05, 0.1) is 26.4 Å². The number of rotatable bonds is 9. The highest BCUT2D eigenvalue weighted by Crippen LogP contribution is 2.46. The van der Waals surface area contributed by atoms with Gasteiger partial charge >= 0.3 is 0 Å². The number of anilines is 1. The zero-order valence-electron chi connectivity index (χ0n) is 20.2.